The fraction of sp³-hybridized carbons (Fsp3) is 0.261. The molecule has 3 aromatic rings. The third kappa shape index (κ3) is 4.92. The summed E-state index contributed by atoms with van der Waals surface area (Å²) in [4.78, 5) is 18.0. The summed E-state index contributed by atoms with van der Waals surface area (Å²) in [7, 11) is 1.53. The molecule has 2 aromatic carbocycles. The van der Waals surface area contributed by atoms with E-state index in [1.165, 1.54) is 11.8 Å². The Bertz CT molecular complexity index is 1260. The van der Waals surface area contributed by atoms with Gasteiger partial charge >= 0.3 is 0 Å². The molecule has 0 aliphatic heterocycles. The normalized spacial score (nSPS) is 12.3. The van der Waals surface area contributed by atoms with Gasteiger partial charge in [0.25, 0.3) is 5.56 Å². The van der Waals surface area contributed by atoms with Crippen LogP contribution in [0.25, 0.3) is 10.9 Å². The van der Waals surface area contributed by atoms with Crippen molar-refractivity contribution in [3.05, 3.63) is 72.6 Å². The third-order valence-corrected chi connectivity index (χ3v) is 6.86. The Morgan fingerprint density at radius 1 is 1.34 bits per heavy atom. The molecule has 0 spiro atoms. The van der Waals surface area contributed by atoms with Gasteiger partial charge in [-0.15, -0.1) is 0 Å². The van der Waals surface area contributed by atoms with Crippen LogP contribution in [0.5, 0.6) is 11.5 Å². The van der Waals surface area contributed by atoms with E-state index in [4.69, 9.17) is 26.1 Å². The number of hydrogen-bond acceptors (Lipinski definition) is 5. The summed E-state index contributed by atoms with van der Waals surface area (Å²) < 4.78 is 13.8. The number of halogens is 3. The first-order valence-corrected chi connectivity index (χ1v) is 11.8. The van der Waals surface area contributed by atoms with E-state index in [9.17, 15) is 4.79 Å². The van der Waals surface area contributed by atoms with Crippen molar-refractivity contribution < 1.29 is 9.47 Å². The minimum Gasteiger partial charge on any atom is -0.493 e. The van der Waals surface area contributed by atoms with E-state index in [0.717, 1.165) is 10.9 Å². The second-order valence-electron chi connectivity index (χ2n) is 7.03. The Labute approximate surface area is 208 Å². The van der Waals surface area contributed by atoms with Crippen LogP contribution in [0.1, 0.15) is 37.6 Å². The molecule has 3 rings (SSSR count). The standard InChI is InChI=1S/C23H22Br2ClN3O3/c1-5-9-32-21-18(31-4)10-14(19(25)20(21)26)12-27-29-22(13(3)6-2)28-17-8-7-15(24)11-16(17)23(29)30/h5,7-8,10-13H,1,6,9H2,2-4H3/t13-/m1/s1. The van der Waals surface area contributed by atoms with Gasteiger partial charge in [0.1, 0.15) is 17.5 Å². The van der Waals surface area contributed by atoms with E-state index in [2.05, 4.69) is 43.5 Å². The predicted molar refractivity (Wildman–Crippen MR) is 137 cm³/mol. The molecule has 0 fully saturated rings. The topological polar surface area (TPSA) is 65.7 Å². The molecule has 6 nitrogen and oxygen atoms in total. The second kappa shape index (κ2) is 10.6. The van der Waals surface area contributed by atoms with Gasteiger partial charge in [-0.25, -0.2) is 4.98 Å². The quantitative estimate of drug-likeness (QED) is 0.223. The average molecular weight is 584 g/mol. The molecule has 1 aromatic heterocycles. The van der Waals surface area contributed by atoms with Crippen LogP contribution in [0, 0.1) is 0 Å². The molecule has 0 amide bonds. The lowest BCUT2D eigenvalue weighted by Gasteiger charge is -2.15. The lowest BCUT2D eigenvalue weighted by atomic mass is 10.1. The van der Waals surface area contributed by atoms with Gasteiger partial charge in [0, 0.05) is 20.4 Å². The van der Waals surface area contributed by atoms with Crippen molar-refractivity contribution in [3.8, 4) is 11.5 Å². The maximum absolute atomic E-state index is 13.3. The molecule has 1 atom stereocenters. The molecule has 168 valence electrons. The number of hydrogen-bond donors (Lipinski definition) is 0. The average Bonchev–Trinajstić information content (AvgIpc) is 2.79. The lowest BCUT2D eigenvalue weighted by molar-refractivity contribution is 0.326. The van der Waals surface area contributed by atoms with Crippen molar-refractivity contribution in [2.24, 2.45) is 5.10 Å². The van der Waals surface area contributed by atoms with Crippen molar-refractivity contribution >= 4 is 60.6 Å². The van der Waals surface area contributed by atoms with Gasteiger partial charge in [0.05, 0.1) is 24.2 Å². The van der Waals surface area contributed by atoms with Crippen LogP contribution in [0.4, 0.5) is 0 Å². The number of benzene rings is 2. The fourth-order valence-electron chi connectivity index (χ4n) is 3.03. The van der Waals surface area contributed by atoms with Crippen LogP contribution in [0.3, 0.4) is 0 Å². The molecule has 0 unspecified atom stereocenters. The maximum atomic E-state index is 13.3. The number of nitrogens with zero attached hydrogens (tertiary/aromatic N) is 3. The van der Waals surface area contributed by atoms with Crippen LogP contribution in [0.2, 0.25) is 5.02 Å². The minimum atomic E-state index is -0.247. The van der Waals surface area contributed by atoms with Crippen LogP contribution >= 0.6 is 43.5 Å². The lowest BCUT2D eigenvalue weighted by Crippen LogP contribution is -2.23. The first kappa shape index (κ1) is 24.5. The van der Waals surface area contributed by atoms with E-state index < -0.39 is 0 Å². The highest BCUT2D eigenvalue weighted by molar-refractivity contribution is 9.10. The second-order valence-corrected chi connectivity index (χ2v) is 9.11. The maximum Gasteiger partial charge on any atom is 0.282 e. The Kier molecular flexibility index (Phi) is 8.14. The van der Waals surface area contributed by atoms with Crippen molar-refractivity contribution in [1.82, 2.24) is 9.66 Å². The summed E-state index contributed by atoms with van der Waals surface area (Å²) in [5.41, 5.74) is 1.01. The van der Waals surface area contributed by atoms with Crippen LogP contribution < -0.4 is 15.0 Å². The summed E-state index contributed by atoms with van der Waals surface area (Å²) in [5.74, 6) is 1.46. The number of rotatable bonds is 8. The Morgan fingerprint density at radius 3 is 2.75 bits per heavy atom. The van der Waals surface area contributed by atoms with Crippen molar-refractivity contribution in [2.45, 2.75) is 26.2 Å². The molecule has 9 heteroatoms. The zero-order chi connectivity index (χ0) is 23.4. The van der Waals surface area contributed by atoms with E-state index in [1.54, 1.807) is 24.4 Å². The molecule has 32 heavy (non-hydrogen) atoms. The monoisotopic (exact) mass is 581 g/mol. The molecule has 0 aliphatic carbocycles. The highest BCUT2D eigenvalue weighted by atomic mass is 79.9. The van der Waals surface area contributed by atoms with Gasteiger partial charge in [-0.3, -0.25) is 4.79 Å². The number of fused-ring (bicyclic) bond motifs is 1. The molecule has 0 saturated heterocycles. The number of aromatic nitrogens is 2. The summed E-state index contributed by atoms with van der Waals surface area (Å²) in [6, 6.07) is 7.17. The first-order valence-electron chi connectivity index (χ1n) is 9.88. The van der Waals surface area contributed by atoms with Crippen molar-refractivity contribution in [1.29, 1.82) is 0 Å². The van der Waals surface area contributed by atoms with Gasteiger partial charge in [-0.2, -0.15) is 9.78 Å². The smallest absolute Gasteiger partial charge is 0.282 e. The molecular formula is C23H22Br2ClN3O3. The van der Waals surface area contributed by atoms with Gasteiger partial charge in [0.2, 0.25) is 0 Å². The first-order chi connectivity index (χ1) is 15.3. The largest absolute Gasteiger partial charge is 0.493 e. The summed E-state index contributed by atoms with van der Waals surface area (Å²) in [5, 5.41) is 5.31. The van der Waals surface area contributed by atoms with Crippen LogP contribution in [0.15, 0.2) is 55.8 Å². The fourth-order valence-corrected chi connectivity index (χ4v) is 4.04. The summed E-state index contributed by atoms with van der Waals surface area (Å²) in [6.07, 6.45) is 3.98. The van der Waals surface area contributed by atoms with Crippen LogP contribution in [-0.2, 0) is 0 Å². The molecular weight excluding hydrogens is 562 g/mol. The van der Waals surface area contributed by atoms with Gasteiger partial charge < -0.3 is 9.47 Å². The molecule has 0 radical (unpaired) electrons. The minimum absolute atomic E-state index is 0.0316. The van der Waals surface area contributed by atoms with Gasteiger partial charge in [-0.1, -0.05) is 54.0 Å². The SMILES string of the molecule is C=CCOc1c(OC)cc(C=Nn2c([C@H](C)CC)nc3ccc(Br)cc3c2=O)c(Br)c1Cl. The molecule has 0 bridgehead atoms. The van der Waals surface area contributed by atoms with E-state index >= 15 is 0 Å². The Morgan fingerprint density at radius 2 is 2.09 bits per heavy atom. The number of methoxy groups -OCH3 is 1. The van der Waals surface area contributed by atoms with Crippen molar-refractivity contribution in [2.75, 3.05) is 13.7 Å². The molecule has 0 aliphatic rings. The Hall–Kier alpha value is -2.16. The third-order valence-electron chi connectivity index (χ3n) is 4.92. The van der Waals surface area contributed by atoms with E-state index in [-0.39, 0.29) is 18.1 Å². The Balaban J connectivity index is 2.17. The molecule has 0 saturated carbocycles. The van der Waals surface area contributed by atoms with Crippen LogP contribution in [-0.4, -0.2) is 29.6 Å². The van der Waals surface area contributed by atoms with E-state index in [0.29, 0.717) is 43.3 Å². The summed E-state index contributed by atoms with van der Waals surface area (Å²) >= 11 is 13.4. The zero-order valence-electron chi connectivity index (χ0n) is 17.9. The highest BCUT2D eigenvalue weighted by Crippen LogP contribution is 2.42. The summed E-state index contributed by atoms with van der Waals surface area (Å²) in [6.45, 7) is 7.98. The van der Waals surface area contributed by atoms with Gasteiger partial charge in [0.15, 0.2) is 11.5 Å². The highest BCUT2D eigenvalue weighted by Gasteiger charge is 2.18. The zero-order valence-corrected chi connectivity index (χ0v) is 21.8. The molecule has 1 heterocycles. The van der Waals surface area contributed by atoms with E-state index in [1.807, 2.05) is 26.0 Å². The predicted octanol–water partition coefficient (Wildman–Crippen LogP) is 6.54. The number of ether oxygens (including phenoxy) is 2. The van der Waals surface area contributed by atoms with Gasteiger partial charge in [-0.05, 0) is 46.6 Å². The van der Waals surface area contributed by atoms with Crippen molar-refractivity contribution in [3.63, 3.8) is 0 Å². The molecule has 0 N–H and O–H groups in total.